The molecule has 11 heavy (non-hydrogen) atoms. The first kappa shape index (κ1) is 7.72. The van der Waals surface area contributed by atoms with E-state index in [1.54, 1.807) is 12.2 Å². The largest absolute Gasteiger partial charge is 0.466 e. The van der Waals surface area contributed by atoms with Crippen molar-refractivity contribution < 1.29 is 14.3 Å². The van der Waals surface area contributed by atoms with Gasteiger partial charge in [0, 0.05) is 5.57 Å². The van der Waals surface area contributed by atoms with Gasteiger partial charge in [-0.2, -0.15) is 0 Å². The maximum absolute atomic E-state index is 10.9. The zero-order valence-corrected chi connectivity index (χ0v) is 6.16. The number of hydrogen-bond donors (Lipinski definition) is 0. The van der Waals surface area contributed by atoms with Crippen LogP contribution >= 0.6 is 0 Å². The lowest BCUT2D eigenvalue weighted by atomic mass is 10.2. The van der Waals surface area contributed by atoms with E-state index in [1.165, 1.54) is 7.11 Å². The smallest absolute Gasteiger partial charge is 0.334 e. The van der Waals surface area contributed by atoms with Crippen LogP contribution < -0.4 is 0 Å². The fourth-order valence-electron chi connectivity index (χ4n) is 0.957. The molecule has 0 aromatic rings. The highest BCUT2D eigenvalue weighted by Crippen LogP contribution is 2.17. The summed E-state index contributed by atoms with van der Waals surface area (Å²) >= 11 is 0. The van der Waals surface area contributed by atoms with Gasteiger partial charge in [-0.05, 0) is 6.42 Å². The van der Waals surface area contributed by atoms with E-state index in [2.05, 4.69) is 4.74 Å². The molecular weight excluding hydrogens is 144 g/mol. The first-order valence-corrected chi connectivity index (χ1v) is 3.22. The molecule has 58 valence electrons. The summed E-state index contributed by atoms with van der Waals surface area (Å²) in [7, 11) is 1.30. The molecule has 0 aromatic carbocycles. The van der Waals surface area contributed by atoms with Crippen LogP contribution in [0.1, 0.15) is 6.42 Å². The molecule has 0 heterocycles. The highest BCUT2D eigenvalue weighted by Gasteiger charge is 2.16. The Kier molecular flexibility index (Phi) is 2.21. The first-order valence-electron chi connectivity index (χ1n) is 3.22. The summed E-state index contributed by atoms with van der Waals surface area (Å²) in [5.41, 5.74) is 0.874. The first-order chi connectivity index (χ1) is 5.29. The summed E-state index contributed by atoms with van der Waals surface area (Å²) in [5, 5.41) is 0. The van der Waals surface area contributed by atoms with Gasteiger partial charge in [0.05, 0.1) is 12.7 Å². The van der Waals surface area contributed by atoms with Crippen molar-refractivity contribution in [2.24, 2.45) is 0 Å². The van der Waals surface area contributed by atoms with Crippen molar-refractivity contribution in [3.63, 3.8) is 0 Å². The minimum atomic E-state index is -0.419. The number of ether oxygens (including phenoxy) is 1. The quantitative estimate of drug-likeness (QED) is 0.430. The van der Waals surface area contributed by atoms with E-state index in [0.29, 0.717) is 23.9 Å². The average molecular weight is 152 g/mol. The van der Waals surface area contributed by atoms with Crippen LogP contribution in [-0.4, -0.2) is 19.4 Å². The number of methoxy groups -OCH3 is 1. The number of allylic oxidation sites excluding steroid dienone is 3. The van der Waals surface area contributed by atoms with E-state index in [0.717, 1.165) is 0 Å². The Balaban J connectivity index is 2.87. The number of rotatable bonds is 2. The van der Waals surface area contributed by atoms with Gasteiger partial charge in [-0.3, -0.25) is 4.79 Å². The fourth-order valence-corrected chi connectivity index (χ4v) is 0.957. The SMILES string of the molecule is COC(=O)C1=C(C=O)C=CC1. The van der Waals surface area contributed by atoms with Crippen LogP contribution in [0.15, 0.2) is 23.3 Å². The van der Waals surface area contributed by atoms with Crippen LogP contribution in [0.2, 0.25) is 0 Å². The van der Waals surface area contributed by atoms with Crippen molar-refractivity contribution in [2.45, 2.75) is 6.42 Å². The minimum absolute atomic E-state index is 0.419. The third-order valence-corrected chi connectivity index (χ3v) is 1.53. The molecule has 0 bridgehead atoms. The molecule has 0 aromatic heterocycles. The number of carbonyl (C=O) groups is 2. The lowest BCUT2D eigenvalue weighted by Crippen LogP contribution is -2.04. The standard InChI is InChI=1S/C8H8O3/c1-11-8(10)7-4-2-3-6(7)5-9/h2-3,5H,4H2,1H3. The molecule has 0 saturated heterocycles. The molecule has 3 nitrogen and oxygen atoms in total. The van der Waals surface area contributed by atoms with Crippen molar-refractivity contribution in [3.8, 4) is 0 Å². The van der Waals surface area contributed by atoms with Crippen LogP contribution in [0.3, 0.4) is 0 Å². The van der Waals surface area contributed by atoms with E-state index in [1.807, 2.05) is 0 Å². The molecule has 3 heteroatoms. The number of carbonyl (C=O) groups excluding carboxylic acids is 2. The summed E-state index contributed by atoms with van der Waals surface area (Å²) in [5.74, 6) is -0.419. The Bertz CT molecular complexity index is 248. The number of esters is 1. The third kappa shape index (κ3) is 1.37. The van der Waals surface area contributed by atoms with Crippen LogP contribution in [0.25, 0.3) is 0 Å². The van der Waals surface area contributed by atoms with E-state index < -0.39 is 5.97 Å². The third-order valence-electron chi connectivity index (χ3n) is 1.53. The predicted octanol–water partition coefficient (Wildman–Crippen LogP) is 0.615. The van der Waals surface area contributed by atoms with Gasteiger partial charge in [-0.25, -0.2) is 4.79 Å². The fraction of sp³-hybridized carbons (Fsp3) is 0.250. The highest BCUT2D eigenvalue weighted by molar-refractivity contribution is 5.98. The molecule has 1 rings (SSSR count). The number of aldehydes is 1. The molecule has 1 aliphatic rings. The van der Waals surface area contributed by atoms with Gasteiger partial charge in [0.25, 0.3) is 0 Å². The molecule has 0 saturated carbocycles. The Morgan fingerprint density at radius 3 is 3.00 bits per heavy atom. The molecule has 0 atom stereocenters. The van der Waals surface area contributed by atoms with Gasteiger partial charge >= 0.3 is 5.97 Å². The lowest BCUT2D eigenvalue weighted by molar-refractivity contribution is -0.136. The maximum Gasteiger partial charge on any atom is 0.334 e. The van der Waals surface area contributed by atoms with Gasteiger partial charge in [0.15, 0.2) is 6.29 Å². The molecule has 0 N–H and O–H groups in total. The van der Waals surface area contributed by atoms with Gasteiger partial charge in [0.1, 0.15) is 0 Å². The van der Waals surface area contributed by atoms with Crippen molar-refractivity contribution in [2.75, 3.05) is 7.11 Å². The summed E-state index contributed by atoms with van der Waals surface area (Å²) in [6, 6.07) is 0. The summed E-state index contributed by atoms with van der Waals surface area (Å²) < 4.78 is 4.47. The highest BCUT2D eigenvalue weighted by atomic mass is 16.5. The Morgan fingerprint density at radius 2 is 2.45 bits per heavy atom. The zero-order chi connectivity index (χ0) is 8.27. The van der Waals surface area contributed by atoms with Crippen molar-refractivity contribution >= 4 is 12.3 Å². The van der Waals surface area contributed by atoms with Crippen LogP contribution in [0, 0.1) is 0 Å². The van der Waals surface area contributed by atoms with Gasteiger partial charge in [-0.1, -0.05) is 12.2 Å². The lowest BCUT2D eigenvalue weighted by Gasteiger charge is -1.98. The van der Waals surface area contributed by atoms with E-state index >= 15 is 0 Å². The van der Waals surface area contributed by atoms with Crippen LogP contribution in [0.4, 0.5) is 0 Å². The van der Waals surface area contributed by atoms with Gasteiger partial charge in [-0.15, -0.1) is 0 Å². The maximum atomic E-state index is 10.9. The molecule has 0 aliphatic heterocycles. The molecule has 0 radical (unpaired) electrons. The monoisotopic (exact) mass is 152 g/mol. The molecular formula is C8H8O3. The van der Waals surface area contributed by atoms with Crippen molar-refractivity contribution in [3.05, 3.63) is 23.3 Å². The Morgan fingerprint density at radius 1 is 1.73 bits per heavy atom. The second-order valence-corrected chi connectivity index (χ2v) is 2.15. The zero-order valence-electron chi connectivity index (χ0n) is 6.16. The normalized spacial score (nSPS) is 15.4. The Hall–Kier alpha value is -1.38. The molecule has 0 fully saturated rings. The predicted molar refractivity (Wildman–Crippen MR) is 38.9 cm³/mol. The van der Waals surface area contributed by atoms with Crippen LogP contribution in [-0.2, 0) is 14.3 Å². The second kappa shape index (κ2) is 3.14. The van der Waals surface area contributed by atoms with Crippen LogP contribution in [0.5, 0.6) is 0 Å². The van der Waals surface area contributed by atoms with E-state index in [-0.39, 0.29) is 0 Å². The molecule has 0 spiro atoms. The summed E-state index contributed by atoms with van der Waals surface area (Å²) in [4.78, 5) is 21.2. The van der Waals surface area contributed by atoms with Crippen molar-refractivity contribution in [1.82, 2.24) is 0 Å². The van der Waals surface area contributed by atoms with E-state index in [9.17, 15) is 9.59 Å². The van der Waals surface area contributed by atoms with E-state index in [4.69, 9.17) is 0 Å². The summed E-state index contributed by atoms with van der Waals surface area (Å²) in [6.45, 7) is 0. The van der Waals surface area contributed by atoms with Crippen molar-refractivity contribution in [1.29, 1.82) is 0 Å². The van der Waals surface area contributed by atoms with Gasteiger partial charge < -0.3 is 4.74 Å². The summed E-state index contributed by atoms with van der Waals surface area (Å²) in [6.07, 6.45) is 4.55. The molecule has 0 unspecified atom stereocenters. The van der Waals surface area contributed by atoms with Gasteiger partial charge in [0.2, 0.25) is 0 Å². The Labute approximate surface area is 64.3 Å². The average Bonchev–Trinajstić information content (AvgIpc) is 2.50. The molecule has 0 amide bonds. The number of hydrogen-bond acceptors (Lipinski definition) is 3. The molecule has 1 aliphatic carbocycles. The topological polar surface area (TPSA) is 43.4 Å². The minimum Gasteiger partial charge on any atom is -0.466 e. The second-order valence-electron chi connectivity index (χ2n) is 2.15.